The summed E-state index contributed by atoms with van der Waals surface area (Å²) in [6, 6.07) is 0. The van der Waals surface area contributed by atoms with Crippen molar-refractivity contribution in [3.8, 4) is 11.4 Å². The summed E-state index contributed by atoms with van der Waals surface area (Å²) in [5, 5.41) is 4.16. The van der Waals surface area contributed by atoms with E-state index in [-0.39, 0.29) is 5.56 Å². The summed E-state index contributed by atoms with van der Waals surface area (Å²) in [5.74, 6) is 1.38. The Labute approximate surface area is 139 Å². The molecule has 0 bridgehead atoms. The third-order valence-electron chi connectivity index (χ3n) is 4.41. The zero-order valence-electron chi connectivity index (χ0n) is 14.0. The van der Waals surface area contributed by atoms with E-state index in [1.54, 1.807) is 15.4 Å². The molecule has 1 aliphatic rings. The Morgan fingerprint density at radius 3 is 2.71 bits per heavy atom. The van der Waals surface area contributed by atoms with Crippen LogP contribution in [0.5, 0.6) is 0 Å². The number of nitrogens with zero attached hydrogens (tertiary/aromatic N) is 6. The highest BCUT2D eigenvalue weighted by Crippen LogP contribution is 2.21. The standard InChI is InChI=1S/C16H21N7O/c1-3-6-23-15(24)12-14(20-16(23)22-7-4-5-8-22)19-13(18-12)11-9-17-21(2)10-11/h9-10H,3-8H2,1-2H3,(H,18,19). The third-order valence-corrected chi connectivity index (χ3v) is 4.41. The van der Waals surface area contributed by atoms with Crippen LogP contribution in [0, 0.1) is 0 Å². The van der Waals surface area contributed by atoms with Gasteiger partial charge in [0, 0.05) is 32.9 Å². The average Bonchev–Trinajstić information content (AvgIpc) is 3.29. The summed E-state index contributed by atoms with van der Waals surface area (Å²) in [7, 11) is 1.85. The van der Waals surface area contributed by atoms with E-state index in [0.717, 1.165) is 43.9 Å². The number of aryl methyl sites for hydroxylation is 1. The predicted molar refractivity (Wildman–Crippen MR) is 92.1 cm³/mol. The first-order valence-corrected chi connectivity index (χ1v) is 8.42. The van der Waals surface area contributed by atoms with Gasteiger partial charge in [-0.1, -0.05) is 6.92 Å². The maximum Gasteiger partial charge on any atom is 0.280 e. The molecule has 4 heterocycles. The van der Waals surface area contributed by atoms with Gasteiger partial charge < -0.3 is 9.88 Å². The maximum atomic E-state index is 12.9. The lowest BCUT2D eigenvalue weighted by Gasteiger charge is -2.20. The summed E-state index contributed by atoms with van der Waals surface area (Å²) >= 11 is 0. The van der Waals surface area contributed by atoms with Gasteiger partial charge in [0.1, 0.15) is 5.82 Å². The molecule has 0 unspecified atom stereocenters. The minimum atomic E-state index is -0.0496. The van der Waals surface area contributed by atoms with E-state index in [0.29, 0.717) is 23.5 Å². The van der Waals surface area contributed by atoms with E-state index in [1.807, 2.05) is 13.2 Å². The van der Waals surface area contributed by atoms with E-state index in [4.69, 9.17) is 4.98 Å². The van der Waals surface area contributed by atoms with Crippen LogP contribution in [-0.4, -0.2) is 42.4 Å². The van der Waals surface area contributed by atoms with Crippen LogP contribution in [0.3, 0.4) is 0 Å². The molecule has 0 saturated carbocycles. The monoisotopic (exact) mass is 327 g/mol. The van der Waals surface area contributed by atoms with Gasteiger partial charge in [0.2, 0.25) is 5.95 Å². The Bertz CT molecular complexity index is 930. The van der Waals surface area contributed by atoms with Crippen LogP contribution in [0.15, 0.2) is 17.2 Å². The van der Waals surface area contributed by atoms with E-state index in [2.05, 4.69) is 26.9 Å². The van der Waals surface area contributed by atoms with Crippen molar-refractivity contribution >= 4 is 17.1 Å². The molecular formula is C16H21N7O. The van der Waals surface area contributed by atoms with Crippen LogP contribution in [-0.2, 0) is 13.6 Å². The van der Waals surface area contributed by atoms with Crippen LogP contribution >= 0.6 is 0 Å². The number of anilines is 1. The van der Waals surface area contributed by atoms with Gasteiger partial charge in [0.25, 0.3) is 5.56 Å². The van der Waals surface area contributed by atoms with Crippen molar-refractivity contribution < 1.29 is 0 Å². The lowest BCUT2D eigenvalue weighted by atomic mass is 10.3. The SMILES string of the molecule is CCCn1c(N2CCCC2)nc2nc(-c3cnn(C)c3)[nH]c2c1=O. The van der Waals surface area contributed by atoms with Crippen molar-refractivity contribution in [3.63, 3.8) is 0 Å². The molecule has 24 heavy (non-hydrogen) atoms. The Balaban J connectivity index is 1.89. The molecule has 0 spiro atoms. The van der Waals surface area contributed by atoms with Crippen molar-refractivity contribution in [1.82, 2.24) is 29.3 Å². The Hall–Kier alpha value is -2.64. The molecule has 8 nitrogen and oxygen atoms in total. The molecule has 0 radical (unpaired) electrons. The highest BCUT2D eigenvalue weighted by Gasteiger charge is 2.21. The van der Waals surface area contributed by atoms with E-state index in [9.17, 15) is 4.79 Å². The summed E-state index contributed by atoms with van der Waals surface area (Å²) in [6.07, 6.45) is 6.76. The van der Waals surface area contributed by atoms with Crippen LogP contribution in [0.2, 0.25) is 0 Å². The number of imidazole rings is 1. The number of aromatic nitrogens is 6. The molecule has 4 rings (SSSR count). The summed E-state index contributed by atoms with van der Waals surface area (Å²) in [6.45, 7) is 4.62. The fourth-order valence-corrected chi connectivity index (χ4v) is 3.24. The normalized spacial score (nSPS) is 14.8. The number of aromatic amines is 1. The van der Waals surface area contributed by atoms with E-state index in [1.165, 1.54) is 0 Å². The first-order chi connectivity index (χ1) is 11.7. The highest BCUT2D eigenvalue weighted by molar-refractivity contribution is 5.76. The topological polar surface area (TPSA) is 84.6 Å². The first-order valence-electron chi connectivity index (χ1n) is 8.42. The minimum absolute atomic E-state index is 0.0496. The Kier molecular flexibility index (Phi) is 3.59. The lowest BCUT2D eigenvalue weighted by molar-refractivity contribution is 0.634. The zero-order valence-corrected chi connectivity index (χ0v) is 14.0. The van der Waals surface area contributed by atoms with Gasteiger partial charge in [-0.2, -0.15) is 10.1 Å². The van der Waals surface area contributed by atoms with Crippen molar-refractivity contribution in [2.45, 2.75) is 32.7 Å². The average molecular weight is 327 g/mol. The van der Waals surface area contributed by atoms with Crippen LogP contribution in [0.4, 0.5) is 5.95 Å². The molecule has 0 aromatic carbocycles. The molecule has 1 fully saturated rings. The molecule has 0 amide bonds. The number of fused-ring (bicyclic) bond motifs is 1. The maximum absolute atomic E-state index is 12.9. The molecule has 1 saturated heterocycles. The zero-order chi connectivity index (χ0) is 16.7. The number of nitrogens with one attached hydrogen (secondary N) is 1. The molecule has 0 aliphatic carbocycles. The van der Waals surface area contributed by atoms with Crippen molar-refractivity contribution in [1.29, 1.82) is 0 Å². The van der Waals surface area contributed by atoms with Crippen LogP contribution < -0.4 is 10.5 Å². The molecule has 1 aliphatic heterocycles. The van der Waals surface area contributed by atoms with Gasteiger partial charge >= 0.3 is 0 Å². The molecular weight excluding hydrogens is 306 g/mol. The second kappa shape index (κ2) is 5.77. The second-order valence-electron chi connectivity index (χ2n) is 6.25. The van der Waals surface area contributed by atoms with Gasteiger partial charge in [0.15, 0.2) is 11.2 Å². The lowest BCUT2D eigenvalue weighted by Crippen LogP contribution is -2.31. The van der Waals surface area contributed by atoms with Crippen molar-refractivity contribution in [3.05, 3.63) is 22.7 Å². The van der Waals surface area contributed by atoms with E-state index < -0.39 is 0 Å². The van der Waals surface area contributed by atoms with E-state index >= 15 is 0 Å². The van der Waals surface area contributed by atoms with Gasteiger partial charge in [-0.15, -0.1) is 0 Å². The molecule has 8 heteroatoms. The van der Waals surface area contributed by atoms with Crippen molar-refractivity contribution in [2.75, 3.05) is 18.0 Å². The summed E-state index contributed by atoms with van der Waals surface area (Å²) < 4.78 is 3.49. The molecule has 0 atom stereocenters. The number of hydrogen-bond donors (Lipinski definition) is 1. The largest absolute Gasteiger partial charge is 0.342 e. The minimum Gasteiger partial charge on any atom is -0.342 e. The molecule has 3 aromatic rings. The molecule has 126 valence electrons. The quantitative estimate of drug-likeness (QED) is 0.785. The third kappa shape index (κ3) is 2.38. The van der Waals surface area contributed by atoms with Crippen molar-refractivity contribution in [2.24, 2.45) is 7.05 Å². The van der Waals surface area contributed by atoms with Crippen LogP contribution in [0.25, 0.3) is 22.6 Å². The molecule has 1 N–H and O–H groups in total. The second-order valence-corrected chi connectivity index (χ2v) is 6.25. The van der Waals surface area contributed by atoms with Gasteiger partial charge in [0.05, 0.1) is 11.8 Å². The fourth-order valence-electron chi connectivity index (χ4n) is 3.24. The predicted octanol–water partition coefficient (Wildman–Crippen LogP) is 1.53. The summed E-state index contributed by atoms with van der Waals surface area (Å²) in [5.41, 5.74) is 1.74. The fraction of sp³-hybridized carbons (Fsp3) is 0.500. The van der Waals surface area contributed by atoms with Gasteiger partial charge in [-0.25, -0.2) is 4.98 Å². The Morgan fingerprint density at radius 1 is 1.25 bits per heavy atom. The summed E-state index contributed by atoms with van der Waals surface area (Å²) in [4.78, 5) is 27.5. The smallest absolute Gasteiger partial charge is 0.280 e. The number of H-pyrrole nitrogens is 1. The Morgan fingerprint density at radius 2 is 2.04 bits per heavy atom. The first kappa shape index (κ1) is 14.9. The molecule has 3 aromatic heterocycles. The van der Waals surface area contributed by atoms with Gasteiger partial charge in [-0.05, 0) is 19.3 Å². The van der Waals surface area contributed by atoms with Crippen LogP contribution in [0.1, 0.15) is 26.2 Å². The number of rotatable bonds is 4. The van der Waals surface area contributed by atoms with Gasteiger partial charge in [-0.3, -0.25) is 14.0 Å². The highest BCUT2D eigenvalue weighted by atomic mass is 16.1. The number of hydrogen-bond acceptors (Lipinski definition) is 5.